The van der Waals surface area contributed by atoms with Crippen LogP contribution in [-0.2, 0) is 13.0 Å². The first-order valence-corrected chi connectivity index (χ1v) is 7.55. The highest BCUT2D eigenvalue weighted by atomic mass is 16.5. The zero-order valence-corrected chi connectivity index (χ0v) is 12.0. The molecule has 0 spiro atoms. The number of aliphatic hydroxyl groups is 1. The lowest BCUT2D eigenvalue weighted by Crippen LogP contribution is -2.33. The van der Waals surface area contributed by atoms with E-state index in [1.807, 2.05) is 18.2 Å². The molecule has 0 radical (unpaired) electrons. The van der Waals surface area contributed by atoms with Crippen LogP contribution in [0, 0.1) is 5.92 Å². The maximum Gasteiger partial charge on any atom is 0.240 e. The molecule has 1 aromatic carbocycles. The van der Waals surface area contributed by atoms with Crippen molar-refractivity contribution in [3.05, 3.63) is 47.6 Å². The molecule has 1 aliphatic rings. The standard InChI is InChI=1S/C16H21N3O2/c20-11-13-7-4-8-14(13)17-10-16-18-15(19-21-16)9-12-5-2-1-3-6-12/h1-3,5-6,13-14,17,20H,4,7-11H2. The summed E-state index contributed by atoms with van der Waals surface area (Å²) in [5.41, 5.74) is 1.17. The second-order valence-corrected chi connectivity index (χ2v) is 5.63. The Kier molecular flexibility index (Phi) is 4.62. The van der Waals surface area contributed by atoms with Crippen LogP contribution < -0.4 is 5.32 Å². The highest BCUT2D eigenvalue weighted by Crippen LogP contribution is 2.25. The molecule has 0 amide bonds. The summed E-state index contributed by atoms with van der Waals surface area (Å²) in [6.45, 7) is 0.823. The average Bonchev–Trinajstić information content (AvgIpc) is 3.15. The summed E-state index contributed by atoms with van der Waals surface area (Å²) in [7, 11) is 0. The Morgan fingerprint density at radius 1 is 1.24 bits per heavy atom. The Balaban J connectivity index is 1.53. The SMILES string of the molecule is OCC1CCCC1NCc1nc(Cc2ccccc2)no1. The molecule has 0 aliphatic heterocycles. The fourth-order valence-electron chi connectivity index (χ4n) is 2.95. The van der Waals surface area contributed by atoms with E-state index >= 15 is 0 Å². The number of aliphatic hydroxyl groups excluding tert-OH is 1. The van der Waals surface area contributed by atoms with E-state index in [-0.39, 0.29) is 6.61 Å². The molecule has 112 valence electrons. The number of benzene rings is 1. The van der Waals surface area contributed by atoms with Gasteiger partial charge in [0.1, 0.15) is 0 Å². The molecule has 1 heterocycles. The molecule has 1 aliphatic carbocycles. The van der Waals surface area contributed by atoms with Gasteiger partial charge in [-0.15, -0.1) is 0 Å². The minimum absolute atomic E-state index is 0.251. The Morgan fingerprint density at radius 2 is 2.10 bits per heavy atom. The van der Waals surface area contributed by atoms with Crippen LogP contribution in [0.2, 0.25) is 0 Å². The predicted molar refractivity (Wildman–Crippen MR) is 78.6 cm³/mol. The molecule has 1 saturated carbocycles. The summed E-state index contributed by atoms with van der Waals surface area (Å²) < 4.78 is 5.28. The van der Waals surface area contributed by atoms with Gasteiger partial charge in [-0.1, -0.05) is 41.9 Å². The topological polar surface area (TPSA) is 71.2 Å². The Hall–Kier alpha value is -1.72. The molecule has 5 nitrogen and oxygen atoms in total. The molecule has 0 saturated heterocycles. The lowest BCUT2D eigenvalue weighted by atomic mass is 10.1. The molecule has 1 aromatic heterocycles. The van der Waals surface area contributed by atoms with E-state index in [1.54, 1.807) is 0 Å². The van der Waals surface area contributed by atoms with Gasteiger partial charge in [0, 0.05) is 19.1 Å². The normalized spacial score (nSPS) is 21.8. The summed E-state index contributed by atoms with van der Waals surface area (Å²) >= 11 is 0. The molecule has 3 rings (SSSR count). The van der Waals surface area contributed by atoms with Crippen LogP contribution >= 0.6 is 0 Å². The zero-order chi connectivity index (χ0) is 14.5. The number of hydrogen-bond donors (Lipinski definition) is 2. The van der Waals surface area contributed by atoms with Gasteiger partial charge in [0.15, 0.2) is 5.82 Å². The molecular formula is C16H21N3O2. The van der Waals surface area contributed by atoms with Crippen LogP contribution in [0.5, 0.6) is 0 Å². The lowest BCUT2D eigenvalue weighted by molar-refractivity contribution is 0.202. The number of nitrogens with zero attached hydrogens (tertiary/aromatic N) is 2. The van der Waals surface area contributed by atoms with E-state index in [9.17, 15) is 5.11 Å². The van der Waals surface area contributed by atoms with Gasteiger partial charge in [-0.3, -0.25) is 0 Å². The van der Waals surface area contributed by atoms with E-state index in [0.717, 1.165) is 12.8 Å². The summed E-state index contributed by atoms with van der Waals surface area (Å²) in [6, 6.07) is 10.5. The van der Waals surface area contributed by atoms with E-state index < -0.39 is 0 Å². The van der Waals surface area contributed by atoms with Gasteiger partial charge >= 0.3 is 0 Å². The Morgan fingerprint density at radius 3 is 2.90 bits per heavy atom. The summed E-state index contributed by atoms with van der Waals surface area (Å²) in [5, 5.41) is 16.8. The van der Waals surface area contributed by atoms with Crippen LogP contribution in [0.3, 0.4) is 0 Å². The molecule has 5 heteroatoms. The van der Waals surface area contributed by atoms with Gasteiger partial charge in [0.05, 0.1) is 6.54 Å². The first-order valence-electron chi connectivity index (χ1n) is 7.55. The van der Waals surface area contributed by atoms with Crippen molar-refractivity contribution >= 4 is 0 Å². The van der Waals surface area contributed by atoms with Crippen molar-refractivity contribution in [3.63, 3.8) is 0 Å². The maximum absolute atomic E-state index is 9.31. The second kappa shape index (κ2) is 6.83. The van der Waals surface area contributed by atoms with Crippen molar-refractivity contribution in [2.75, 3.05) is 6.61 Å². The van der Waals surface area contributed by atoms with Crippen molar-refractivity contribution in [1.29, 1.82) is 0 Å². The smallest absolute Gasteiger partial charge is 0.240 e. The lowest BCUT2D eigenvalue weighted by Gasteiger charge is -2.17. The number of hydrogen-bond acceptors (Lipinski definition) is 5. The first kappa shape index (κ1) is 14.2. The van der Waals surface area contributed by atoms with Crippen LogP contribution in [0.25, 0.3) is 0 Å². The monoisotopic (exact) mass is 287 g/mol. The largest absolute Gasteiger partial charge is 0.396 e. The number of rotatable bonds is 6. The minimum atomic E-state index is 0.251. The fraction of sp³-hybridized carbons (Fsp3) is 0.500. The number of aromatic nitrogens is 2. The maximum atomic E-state index is 9.31. The van der Waals surface area contributed by atoms with Gasteiger partial charge in [0.2, 0.25) is 5.89 Å². The first-order chi connectivity index (χ1) is 10.3. The molecule has 21 heavy (non-hydrogen) atoms. The Bertz CT molecular complexity index is 556. The summed E-state index contributed by atoms with van der Waals surface area (Å²) in [5.74, 6) is 1.68. The van der Waals surface area contributed by atoms with Gasteiger partial charge in [-0.25, -0.2) is 0 Å². The summed E-state index contributed by atoms with van der Waals surface area (Å²) in [4.78, 5) is 4.41. The fourth-order valence-corrected chi connectivity index (χ4v) is 2.95. The van der Waals surface area contributed by atoms with Gasteiger partial charge in [0.25, 0.3) is 0 Å². The third kappa shape index (κ3) is 3.68. The third-order valence-electron chi connectivity index (χ3n) is 4.12. The van der Waals surface area contributed by atoms with Crippen LogP contribution in [0.15, 0.2) is 34.9 Å². The molecule has 2 atom stereocenters. The second-order valence-electron chi connectivity index (χ2n) is 5.63. The van der Waals surface area contributed by atoms with E-state index in [1.165, 1.54) is 12.0 Å². The quantitative estimate of drug-likeness (QED) is 0.849. The number of nitrogens with one attached hydrogen (secondary N) is 1. The van der Waals surface area contributed by atoms with Gasteiger partial charge in [-0.2, -0.15) is 4.98 Å². The zero-order valence-electron chi connectivity index (χ0n) is 12.0. The van der Waals surface area contributed by atoms with Crippen molar-refractivity contribution in [2.24, 2.45) is 5.92 Å². The minimum Gasteiger partial charge on any atom is -0.396 e. The van der Waals surface area contributed by atoms with Gasteiger partial charge < -0.3 is 14.9 Å². The van der Waals surface area contributed by atoms with Crippen molar-refractivity contribution < 1.29 is 9.63 Å². The molecule has 2 N–H and O–H groups in total. The molecule has 2 unspecified atom stereocenters. The molecule has 0 bridgehead atoms. The summed E-state index contributed by atoms with van der Waals surface area (Å²) in [6.07, 6.45) is 4.06. The Labute approximate surface area is 124 Å². The highest BCUT2D eigenvalue weighted by molar-refractivity contribution is 5.18. The van der Waals surface area contributed by atoms with Crippen LogP contribution in [-0.4, -0.2) is 27.9 Å². The average molecular weight is 287 g/mol. The van der Waals surface area contributed by atoms with Crippen LogP contribution in [0.1, 0.15) is 36.5 Å². The van der Waals surface area contributed by atoms with Gasteiger partial charge in [-0.05, 0) is 24.3 Å². The van der Waals surface area contributed by atoms with Crippen LogP contribution in [0.4, 0.5) is 0 Å². The van der Waals surface area contributed by atoms with Crippen molar-refractivity contribution in [1.82, 2.24) is 15.5 Å². The molecule has 1 fully saturated rings. The van der Waals surface area contributed by atoms with Crippen molar-refractivity contribution in [3.8, 4) is 0 Å². The van der Waals surface area contributed by atoms with E-state index in [4.69, 9.17) is 4.52 Å². The molecule has 2 aromatic rings. The third-order valence-corrected chi connectivity index (χ3v) is 4.12. The predicted octanol–water partition coefficient (Wildman–Crippen LogP) is 1.91. The molecular weight excluding hydrogens is 266 g/mol. The van der Waals surface area contributed by atoms with E-state index in [2.05, 4.69) is 27.6 Å². The highest BCUT2D eigenvalue weighted by Gasteiger charge is 2.26. The van der Waals surface area contributed by atoms with E-state index in [0.29, 0.717) is 36.6 Å². The van der Waals surface area contributed by atoms with Crippen molar-refractivity contribution in [2.45, 2.75) is 38.3 Å².